The van der Waals surface area contributed by atoms with Gasteiger partial charge in [-0.3, -0.25) is 0 Å². The lowest BCUT2D eigenvalue weighted by Crippen LogP contribution is -2.19. The van der Waals surface area contributed by atoms with Crippen molar-refractivity contribution in [2.24, 2.45) is 7.05 Å². The van der Waals surface area contributed by atoms with Gasteiger partial charge in [0.2, 0.25) is 11.8 Å². The first-order chi connectivity index (χ1) is 12.0. The van der Waals surface area contributed by atoms with Crippen molar-refractivity contribution in [1.82, 2.24) is 29.4 Å². The maximum atomic E-state index is 4.68. The van der Waals surface area contributed by atoms with Crippen molar-refractivity contribution in [3.63, 3.8) is 0 Å². The Kier molecular flexibility index (Phi) is 3.68. The molecule has 128 valence electrons. The van der Waals surface area contributed by atoms with E-state index in [2.05, 4.69) is 36.9 Å². The van der Waals surface area contributed by atoms with Gasteiger partial charge >= 0.3 is 0 Å². The number of fused-ring (bicyclic) bond motifs is 1. The highest BCUT2D eigenvalue weighted by atomic mass is 15.4. The fourth-order valence-electron chi connectivity index (χ4n) is 3.05. The lowest BCUT2D eigenvalue weighted by molar-refractivity contribution is 0.745. The predicted octanol–water partition coefficient (Wildman–Crippen LogP) is 1.78. The lowest BCUT2D eigenvalue weighted by atomic mass is 10.2. The highest BCUT2D eigenvalue weighted by Crippen LogP contribution is 2.16. The zero-order valence-electron chi connectivity index (χ0n) is 15.0. The summed E-state index contributed by atoms with van der Waals surface area (Å²) in [5, 5.41) is 8.96. The predicted molar refractivity (Wildman–Crippen MR) is 95.6 cm³/mol. The highest BCUT2D eigenvalue weighted by molar-refractivity contribution is 5.53. The first kappa shape index (κ1) is 15.6. The number of aromatic nitrogens is 6. The average molecular weight is 335 g/mol. The Morgan fingerprint density at radius 3 is 2.52 bits per heavy atom. The van der Waals surface area contributed by atoms with Crippen LogP contribution in [0.4, 0.5) is 5.95 Å². The average Bonchev–Trinajstić information content (AvgIpc) is 3.28. The SMILES string of the molecule is Cc1cn2nc(C)c(C)c2nc1C#Cc1nc(N2CCCC2)nn1C. The zero-order valence-corrected chi connectivity index (χ0v) is 15.0. The van der Waals surface area contributed by atoms with Gasteiger partial charge in [0, 0.05) is 37.5 Å². The van der Waals surface area contributed by atoms with E-state index in [1.54, 1.807) is 4.68 Å². The van der Waals surface area contributed by atoms with Crippen LogP contribution in [0.25, 0.3) is 5.65 Å². The Morgan fingerprint density at radius 2 is 1.76 bits per heavy atom. The van der Waals surface area contributed by atoms with E-state index in [-0.39, 0.29) is 0 Å². The normalized spacial score (nSPS) is 14.2. The second kappa shape index (κ2) is 5.88. The summed E-state index contributed by atoms with van der Waals surface area (Å²) in [4.78, 5) is 11.5. The van der Waals surface area contributed by atoms with Crippen molar-refractivity contribution in [3.8, 4) is 11.8 Å². The Morgan fingerprint density at radius 1 is 1.00 bits per heavy atom. The Hall–Kier alpha value is -2.88. The fraction of sp³-hybridized carbons (Fsp3) is 0.444. The first-order valence-electron chi connectivity index (χ1n) is 8.54. The lowest BCUT2D eigenvalue weighted by Gasteiger charge is -2.10. The van der Waals surface area contributed by atoms with Crippen LogP contribution >= 0.6 is 0 Å². The van der Waals surface area contributed by atoms with Crippen molar-refractivity contribution in [2.45, 2.75) is 33.6 Å². The molecule has 1 fully saturated rings. The molecule has 0 aromatic carbocycles. The molecule has 4 heterocycles. The van der Waals surface area contributed by atoms with Gasteiger partial charge in [-0.1, -0.05) is 0 Å². The van der Waals surface area contributed by atoms with Crippen molar-refractivity contribution in [2.75, 3.05) is 18.0 Å². The van der Waals surface area contributed by atoms with E-state index >= 15 is 0 Å². The summed E-state index contributed by atoms with van der Waals surface area (Å²) >= 11 is 0. The molecule has 0 spiro atoms. The van der Waals surface area contributed by atoms with Gasteiger partial charge in [0.25, 0.3) is 0 Å². The molecule has 0 atom stereocenters. The zero-order chi connectivity index (χ0) is 17.6. The van der Waals surface area contributed by atoms with Gasteiger partial charge in [-0.25, -0.2) is 14.2 Å². The first-order valence-corrected chi connectivity index (χ1v) is 8.54. The quantitative estimate of drug-likeness (QED) is 0.634. The second-order valence-electron chi connectivity index (χ2n) is 6.55. The van der Waals surface area contributed by atoms with Crippen LogP contribution in [0.5, 0.6) is 0 Å². The maximum Gasteiger partial charge on any atom is 0.245 e. The van der Waals surface area contributed by atoms with E-state index in [1.807, 2.05) is 38.5 Å². The molecule has 25 heavy (non-hydrogen) atoms. The monoisotopic (exact) mass is 335 g/mol. The van der Waals surface area contributed by atoms with Crippen molar-refractivity contribution in [3.05, 3.63) is 34.5 Å². The van der Waals surface area contributed by atoms with E-state index in [1.165, 1.54) is 12.8 Å². The Bertz CT molecular complexity index is 1010. The molecule has 1 saturated heterocycles. The van der Waals surface area contributed by atoms with Gasteiger partial charge in [0.15, 0.2) is 5.65 Å². The summed E-state index contributed by atoms with van der Waals surface area (Å²) in [5.74, 6) is 7.71. The van der Waals surface area contributed by atoms with Crippen molar-refractivity contribution >= 4 is 11.6 Å². The molecule has 0 bridgehead atoms. The van der Waals surface area contributed by atoms with Crippen LogP contribution in [0, 0.1) is 32.6 Å². The number of anilines is 1. The minimum absolute atomic E-state index is 0.657. The molecule has 0 radical (unpaired) electrons. The van der Waals surface area contributed by atoms with Crippen LogP contribution in [0.3, 0.4) is 0 Å². The number of hydrogen-bond donors (Lipinski definition) is 0. The summed E-state index contributed by atoms with van der Waals surface area (Å²) in [7, 11) is 1.88. The van der Waals surface area contributed by atoms with E-state index in [0.29, 0.717) is 5.82 Å². The van der Waals surface area contributed by atoms with Crippen LogP contribution in [0.1, 0.15) is 41.2 Å². The van der Waals surface area contributed by atoms with Gasteiger partial charge in [0.05, 0.1) is 5.69 Å². The largest absolute Gasteiger partial charge is 0.340 e. The molecule has 7 nitrogen and oxygen atoms in total. The van der Waals surface area contributed by atoms with Gasteiger partial charge in [-0.2, -0.15) is 10.1 Å². The summed E-state index contributed by atoms with van der Waals surface area (Å²) < 4.78 is 3.56. The summed E-state index contributed by atoms with van der Waals surface area (Å²) in [5.41, 5.74) is 4.66. The van der Waals surface area contributed by atoms with E-state index in [0.717, 1.165) is 47.2 Å². The Labute approximate surface area is 146 Å². The van der Waals surface area contributed by atoms with Gasteiger partial charge < -0.3 is 4.90 Å². The number of aryl methyl sites for hydroxylation is 4. The molecule has 0 saturated carbocycles. The van der Waals surface area contributed by atoms with Crippen molar-refractivity contribution in [1.29, 1.82) is 0 Å². The van der Waals surface area contributed by atoms with Crippen LogP contribution in [-0.4, -0.2) is 42.5 Å². The third-order valence-corrected chi connectivity index (χ3v) is 4.69. The van der Waals surface area contributed by atoms with Gasteiger partial charge in [-0.05, 0) is 45.5 Å². The summed E-state index contributed by atoms with van der Waals surface area (Å²) in [6.45, 7) is 8.06. The second-order valence-corrected chi connectivity index (χ2v) is 6.55. The molecule has 0 N–H and O–H groups in total. The number of hydrogen-bond acceptors (Lipinski definition) is 5. The van der Waals surface area contributed by atoms with Gasteiger partial charge in [0.1, 0.15) is 5.69 Å². The molecule has 1 aliphatic heterocycles. The third-order valence-electron chi connectivity index (χ3n) is 4.69. The van der Waals surface area contributed by atoms with E-state index in [9.17, 15) is 0 Å². The number of nitrogens with zero attached hydrogens (tertiary/aromatic N) is 7. The number of rotatable bonds is 1. The molecule has 3 aromatic rings. The molecule has 3 aromatic heterocycles. The maximum absolute atomic E-state index is 4.68. The molecular formula is C18H21N7. The van der Waals surface area contributed by atoms with Crippen molar-refractivity contribution < 1.29 is 0 Å². The third kappa shape index (κ3) is 2.74. The van der Waals surface area contributed by atoms with Gasteiger partial charge in [-0.15, -0.1) is 5.10 Å². The van der Waals surface area contributed by atoms with Crippen LogP contribution in [0.2, 0.25) is 0 Å². The topological polar surface area (TPSA) is 64.1 Å². The summed E-state index contributed by atoms with van der Waals surface area (Å²) in [6.07, 6.45) is 4.37. The molecule has 0 unspecified atom stereocenters. The Balaban J connectivity index is 1.70. The van der Waals surface area contributed by atoms with Crippen LogP contribution in [-0.2, 0) is 7.05 Å². The molecule has 1 aliphatic rings. The van der Waals surface area contributed by atoms with E-state index < -0.39 is 0 Å². The molecular weight excluding hydrogens is 314 g/mol. The van der Waals surface area contributed by atoms with E-state index in [4.69, 9.17) is 0 Å². The minimum atomic E-state index is 0.657. The fourth-order valence-corrected chi connectivity index (χ4v) is 3.05. The minimum Gasteiger partial charge on any atom is -0.340 e. The van der Waals surface area contributed by atoms with Crippen LogP contribution in [0.15, 0.2) is 6.20 Å². The standard InChI is InChI=1S/C18H21N7/c1-12-11-25-17(13(2)14(3)21-25)19-15(12)7-8-16-20-18(22-23(16)4)24-9-5-6-10-24/h11H,5-6,9-10H2,1-4H3. The van der Waals surface area contributed by atoms with Crippen LogP contribution < -0.4 is 4.90 Å². The molecule has 0 amide bonds. The highest BCUT2D eigenvalue weighted by Gasteiger charge is 2.17. The summed E-state index contributed by atoms with van der Waals surface area (Å²) in [6, 6.07) is 0. The molecule has 7 heteroatoms. The molecule has 4 rings (SSSR count). The molecule has 0 aliphatic carbocycles. The smallest absolute Gasteiger partial charge is 0.245 e.